The Morgan fingerprint density at radius 1 is 1.00 bits per heavy atom. The van der Waals surface area contributed by atoms with Crippen LogP contribution < -0.4 is 4.90 Å². The molecule has 1 amide bonds. The SMILES string of the molecule is CC(C)[Si](/C(Cl)=C1\C(=O)N(Cc2ccccc2)c2ccc(C#N)cc21)(C(C)C)C(C)C. The van der Waals surface area contributed by atoms with Crippen molar-refractivity contribution in [2.75, 3.05) is 4.90 Å². The lowest BCUT2D eigenvalue weighted by Crippen LogP contribution is -2.46. The minimum Gasteiger partial charge on any atom is -0.303 e. The summed E-state index contributed by atoms with van der Waals surface area (Å²) < 4.78 is 0.754. The van der Waals surface area contributed by atoms with Gasteiger partial charge in [-0.25, -0.2) is 0 Å². The molecule has 0 spiro atoms. The Morgan fingerprint density at radius 2 is 1.58 bits per heavy atom. The van der Waals surface area contributed by atoms with E-state index in [1.165, 1.54) is 0 Å². The molecule has 1 aliphatic heterocycles. The van der Waals surface area contributed by atoms with Crippen LogP contribution in [0.15, 0.2) is 53.2 Å². The van der Waals surface area contributed by atoms with E-state index in [-0.39, 0.29) is 5.91 Å². The van der Waals surface area contributed by atoms with Crippen molar-refractivity contribution in [3.63, 3.8) is 0 Å². The Balaban J connectivity index is 2.27. The smallest absolute Gasteiger partial charge is 0.260 e. The zero-order valence-electron chi connectivity index (χ0n) is 19.2. The van der Waals surface area contributed by atoms with E-state index in [0.29, 0.717) is 34.3 Å². The summed E-state index contributed by atoms with van der Waals surface area (Å²) in [6, 6.07) is 17.7. The Morgan fingerprint density at radius 3 is 2.10 bits per heavy atom. The van der Waals surface area contributed by atoms with Gasteiger partial charge in [-0.05, 0) is 40.4 Å². The zero-order chi connectivity index (χ0) is 22.9. The van der Waals surface area contributed by atoms with Crippen LogP contribution in [0.3, 0.4) is 0 Å². The second-order valence-electron chi connectivity index (χ2n) is 9.31. The molecular formula is C26H31ClN2OSi. The van der Waals surface area contributed by atoms with Gasteiger partial charge < -0.3 is 4.90 Å². The molecule has 0 radical (unpaired) electrons. The number of anilines is 1. The molecule has 0 fully saturated rings. The van der Waals surface area contributed by atoms with E-state index in [9.17, 15) is 10.1 Å². The highest BCUT2D eigenvalue weighted by molar-refractivity contribution is 6.98. The Kier molecular flexibility index (Phi) is 6.78. The van der Waals surface area contributed by atoms with Gasteiger partial charge in [-0.1, -0.05) is 83.5 Å². The van der Waals surface area contributed by atoms with E-state index in [0.717, 1.165) is 21.5 Å². The maximum absolute atomic E-state index is 13.8. The lowest BCUT2D eigenvalue weighted by molar-refractivity contribution is -0.113. The van der Waals surface area contributed by atoms with Crippen molar-refractivity contribution >= 4 is 36.8 Å². The van der Waals surface area contributed by atoms with Gasteiger partial charge >= 0.3 is 0 Å². The van der Waals surface area contributed by atoms with Crippen LogP contribution in [0.1, 0.15) is 58.2 Å². The monoisotopic (exact) mass is 450 g/mol. The number of carbonyl (C=O) groups excluding carboxylic acids is 1. The first-order valence-corrected chi connectivity index (χ1v) is 13.6. The number of amides is 1. The minimum absolute atomic E-state index is 0.0576. The Bertz CT molecular complexity index is 1030. The average molecular weight is 451 g/mol. The maximum Gasteiger partial charge on any atom is 0.260 e. The van der Waals surface area contributed by atoms with Gasteiger partial charge in [0.1, 0.15) is 8.07 Å². The minimum atomic E-state index is -2.24. The molecule has 0 atom stereocenters. The Hall–Kier alpha value is -2.35. The predicted octanol–water partition coefficient (Wildman–Crippen LogP) is 7.27. The van der Waals surface area contributed by atoms with Crippen LogP contribution in [0, 0.1) is 11.3 Å². The second kappa shape index (κ2) is 9.02. The molecule has 0 aliphatic carbocycles. The molecule has 0 aromatic heterocycles. The lowest BCUT2D eigenvalue weighted by atomic mass is 10.1. The summed E-state index contributed by atoms with van der Waals surface area (Å²) in [5.74, 6) is -0.0576. The molecule has 3 rings (SSSR count). The summed E-state index contributed by atoms with van der Waals surface area (Å²) in [5.41, 5.74) is 4.98. The first-order valence-electron chi connectivity index (χ1n) is 11.0. The molecule has 0 bridgehead atoms. The molecule has 0 saturated carbocycles. The lowest BCUT2D eigenvalue weighted by Gasteiger charge is -2.43. The fourth-order valence-corrected chi connectivity index (χ4v) is 13.9. The van der Waals surface area contributed by atoms with Crippen molar-refractivity contribution < 1.29 is 4.79 Å². The van der Waals surface area contributed by atoms with E-state index in [2.05, 4.69) is 47.6 Å². The second-order valence-corrected chi connectivity index (χ2v) is 15.8. The number of nitrogens with zero attached hydrogens (tertiary/aromatic N) is 2. The number of halogens is 1. The topological polar surface area (TPSA) is 44.1 Å². The number of rotatable bonds is 6. The molecule has 162 valence electrons. The Labute approximate surface area is 192 Å². The van der Waals surface area contributed by atoms with Gasteiger partial charge in [0, 0.05) is 10.2 Å². The first kappa shape index (κ1) is 23.3. The fraction of sp³-hybridized carbons (Fsp3) is 0.385. The third kappa shape index (κ3) is 3.86. The van der Waals surface area contributed by atoms with Crippen LogP contribution in [-0.2, 0) is 11.3 Å². The standard InChI is InChI=1S/C26H31ClN2OSi/c1-17(2)31(18(3)4,19(5)6)25(27)24-22-14-21(15-28)12-13-23(22)29(26(24)30)16-20-10-8-7-9-11-20/h7-14,17-19H,16H2,1-6H3/b25-24-. The molecule has 1 heterocycles. The number of hydrogen-bond donors (Lipinski definition) is 0. The van der Waals surface area contributed by atoms with Crippen molar-refractivity contribution in [2.45, 2.75) is 64.7 Å². The van der Waals surface area contributed by atoms with Crippen LogP contribution in [0.2, 0.25) is 16.6 Å². The highest BCUT2D eigenvalue weighted by Crippen LogP contribution is 2.52. The quantitative estimate of drug-likeness (QED) is 0.343. The van der Waals surface area contributed by atoms with Crippen molar-refractivity contribution in [1.29, 1.82) is 5.26 Å². The van der Waals surface area contributed by atoms with Crippen LogP contribution in [-0.4, -0.2) is 14.0 Å². The van der Waals surface area contributed by atoms with Crippen molar-refractivity contribution in [3.05, 3.63) is 69.9 Å². The summed E-state index contributed by atoms with van der Waals surface area (Å²) in [7, 11) is -2.24. The molecule has 2 aromatic rings. The zero-order valence-corrected chi connectivity index (χ0v) is 21.0. The maximum atomic E-state index is 13.8. The molecule has 5 heteroatoms. The third-order valence-electron chi connectivity index (χ3n) is 6.79. The normalized spacial score (nSPS) is 15.6. The number of fused-ring (bicyclic) bond motifs is 1. The summed E-state index contributed by atoms with van der Waals surface area (Å²) >= 11 is 7.29. The van der Waals surface area contributed by atoms with E-state index in [1.54, 1.807) is 6.07 Å². The van der Waals surface area contributed by atoms with Gasteiger partial charge in [0.05, 0.1) is 29.4 Å². The molecule has 0 N–H and O–H groups in total. The summed E-state index contributed by atoms with van der Waals surface area (Å²) in [5, 5.41) is 9.50. The molecule has 0 unspecified atom stereocenters. The molecule has 3 nitrogen and oxygen atoms in total. The highest BCUT2D eigenvalue weighted by atomic mass is 35.5. The molecule has 1 aliphatic rings. The van der Waals surface area contributed by atoms with Gasteiger partial charge in [-0.15, -0.1) is 0 Å². The average Bonchev–Trinajstić information content (AvgIpc) is 2.98. The van der Waals surface area contributed by atoms with Gasteiger partial charge in [-0.2, -0.15) is 5.26 Å². The largest absolute Gasteiger partial charge is 0.303 e. The van der Waals surface area contributed by atoms with E-state index >= 15 is 0 Å². The molecular weight excluding hydrogens is 420 g/mol. The summed E-state index contributed by atoms with van der Waals surface area (Å²) in [6.45, 7) is 13.9. The molecule has 2 aromatic carbocycles. The van der Waals surface area contributed by atoms with Crippen molar-refractivity contribution in [2.24, 2.45) is 0 Å². The summed E-state index contributed by atoms with van der Waals surface area (Å²) in [6.07, 6.45) is 0. The molecule has 0 saturated heterocycles. The van der Waals surface area contributed by atoms with Crippen LogP contribution in [0.4, 0.5) is 5.69 Å². The van der Waals surface area contributed by atoms with Gasteiger partial charge in [0.25, 0.3) is 5.91 Å². The van der Waals surface area contributed by atoms with Crippen LogP contribution >= 0.6 is 11.6 Å². The van der Waals surface area contributed by atoms with Crippen molar-refractivity contribution in [1.82, 2.24) is 0 Å². The predicted molar refractivity (Wildman–Crippen MR) is 133 cm³/mol. The van der Waals surface area contributed by atoms with Crippen LogP contribution in [0.25, 0.3) is 5.57 Å². The fourth-order valence-electron chi connectivity index (χ4n) is 5.51. The third-order valence-corrected chi connectivity index (χ3v) is 14.7. The number of benzene rings is 2. The van der Waals surface area contributed by atoms with Gasteiger partial charge in [0.2, 0.25) is 0 Å². The highest BCUT2D eigenvalue weighted by Gasteiger charge is 2.49. The first-order chi connectivity index (χ1) is 14.7. The van der Waals surface area contributed by atoms with E-state index in [4.69, 9.17) is 11.6 Å². The van der Waals surface area contributed by atoms with Gasteiger partial charge in [0.15, 0.2) is 0 Å². The van der Waals surface area contributed by atoms with Gasteiger partial charge in [-0.3, -0.25) is 4.79 Å². The number of hydrogen-bond acceptors (Lipinski definition) is 2. The van der Waals surface area contributed by atoms with E-state index in [1.807, 2.05) is 47.4 Å². The summed E-state index contributed by atoms with van der Waals surface area (Å²) in [4.78, 5) is 15.7. The number of nitriles is 1. The molecule has 31 heavy (non-hydrogen) atoms. The number of carbonyl (C=O) groups is 1. The van der Waals surface area contributed by atoms with Crippen LogP contribution in [0.5, 0.6) is 0 Å². The van der Waals surface area contributed by atoms with Crippen molar-refractivity contribution in [3.8, 4) is 6.07 Å². The van der Waals surface area contributed by atoms with E-state index < -0.39 is 8.07 Å².